The fraction of sp³-hybridized carbons (Fsp3) is 0.0968. The van der Waals surface area contributed by atoms with Crippen molar-refractivity contribution in [1.29, 1.82) is 0 Å². The molecule has 38 heavy (non-hydrogen) atoms. The largest absolute Gasteiger partial charge is 0.451 e. The predicted octanol–water partition coefficient (Wildman–Crippen LogP) is 6.91. The number of esters is 1. The first-order chi connectivity index (χ1) is 18.4. The molecule has 0 spiro atoms. The number of carbonyl (C=O) groups excluding carboxylic acids is 2. The van der Waals surface area contributed by atoms with Crippen LogP contribution in [0.1, 0.15) is 32.1 Å². The average Bonchev–Trinajstić information content (AvgIpc) is 3.39. The lowest BCUT2D eigenvalue weighted by atomic mass is 10.0. The highest BCUT2D eigenvalue weighted by molar-refractivity contribution is 6.30. The number of aryl methyl sites for hydroxylation is 2. The van der Waals surface area contributed by atoms with Crippen LogP contribution in [0.5, 0.6) is 0 Å². The summed E-state index contributed by atoms with van der Waals surface area (Å²) < 4.78 is 6.93. The van der Waals surface area contributed by atoms with E-state index in [9.17, 15) is 9.59 Å². The molecular weight excluding hydrogens is 498 g/mol. The summed E-state index contributed by atoms with van der Waals surface area (Å²) in [6, 6.07) is 30.2. The maximum absolute atomic E-state index is 12.9. The van der Waals surface area contributed by atoms with Gasteiger partial charge in [0.15, 0.2) is 18.2 Å². The van der Waals surface area contributed by atoms with Crippen LogP contribution < -0.4 is 0 Å². The van der Waals surface area contributed by atoms with Gasteiger partial charge in [0, 0.05) is 16.1 Å². The van der Waals surface area contributed by atoms with Crippen LogP contribution in [0.2, 0.25) is 5.02 Å². The molecule has 0 aliphatic heterocycles. The number of ether oxygens (including phenoxy) is 1. The van der Waals surface area contributed by atoms with E-state index in [1.54, 1.807) is 35.0 Å². The molecule has 0 amide bonds. The van der Waals surface area contributed by atoms with Crippen LogP contribution in [0.15, 0.2) is 97.1 Å². The van der Waals surface area contributed by atoms with Crippen molar-refractivity contribution in [3.05, 3.63) is 125 Å². The van der Waals surface area contributed by atoms with Crippen molar-refractivity contribution in [2.75, 3.05) is 6.61 Å². The van der Waals surface area contributed by atoms with Gasteiger partial charge in [0.05, 0.1) is 5.69 Å². The van der Waals surface area contributed by atoms with Crippen molar-refractivity contribution >= 4 is 23.4 Å². The molecule has 0 bridgehead atoms. The summed E-state index contributed by atoms with van der Waals surface area (Å²) >= 11 is 6.22. The molecule has 0 atom stereocenters. The summed E-state index contributed by atoms with van der Waals surface area (Å²) in [5.74, 6) is -0.808. The van der Waals surface area contributed by atoms with Crippen LogP contribution in [-0.4, -0.2) is 33.1 Å². The third kappa shape index (κ3) is 5.41. The smallest absolute Gasteiger partial charge is 0.378 e. The molecule has 0 saturated heterocycles. The van der Waals surface area contributed by atoms with Gasteiger partial charge in [-0.1, -0.05) is 90.5 Å². The first-order valence-electron chi connectivity index (χ1n) is 12.1. The second-order valence-electron chi connectivity index (χ2n) is 8.91. The summed E-state index contributed by atoms with van der Waals surface area (Å²) in [6.07, 6.45) is 0. The standard InChI is InChI=1S/C31H24ClN3O3/c1-20-11-12-21(2)27(17-20)35-30(25-9-6-10-26(32)18-25)33-29(34-35)31(37)38-19-28(36)24-15-13-23(14-16-24)22-7-4-3-5-8-22/h3-18H,19H2,1-2H3. The summed E-state index contributed by atoms with van der Waals surface area (Å²) in [5.41, 5.74) is 5.96. The van der Waals surface area contributed by atoms with Crippen molar-refractivity contribution in [2.45, 2.75) is 13.8 Å². The lowest BCUT2D eigenvalue weighted by Crippen LogP contribution is -2.15. The quantitative estimate of drug-likeness (QED) is 0.172. The van der Waals surface area contributed by atoms with Crippen molar-refractivity contribution < 1.29 is 14.3 Å². The Bertz CT molecular complexity index is 1630. The zero-order valence-corrected chi connectivity index (χ0v) is 21.6. The second kappa shape index (κ2) is 10.8. The molecule has 1 aromatic heterocycles. The normalized spacial score (nSPS) is 10.8. The van der Waals surface area contributed by atoms with Gasteiger partial charge in [-0.25, -0.2) is 14.5 Å². The molecule has 1 heterocycles. The van der Waals surface area contributed by atoms with Gasteiger partial charge in [0.1, 0.15) is 0 Å². The van der Waals surface area contributed by atoms with E-state index in [4.69, 9.17) is 16.3 Å². The van der Waals surface area contributed by atoms with Crippen molar-refractivity contribution in [1.82, 2.24) is 14.8 Å². The van der Waals surface area contributed by atoms with Crippen LogP contribution in [0.3, 0.4) is 0 Å². The van der Waals surface area contributed by atoms with Gasteiger partial charge >= 0.3 is 5.97 Å². The van der Waals surface area contributed by atoms with Crippen LogP contribution >= 0.6 is 11.6 Å². The van der Waals surface area contributed by atoms with Gasteiger partial charge in [-0.2, -0.15) is 0 Å². The molecule has 5 aromatic rings. The molecule has 0 fully saturated rings. The molecule has 7 heteroatoms. The Balaban J connectivity index is 1.37. The zero-order valence-electron chi connectivity index (χ0n) is 20.9. The number of Topliss-reactive ketones (excluding diaryl/α,β-unsaturated/α-hetero) is 1. The minimum absolute atomic E-state index is 0.145. The van der Waals surface area contributed by atoms with E-state index < -0.39 is 12.6 Å². The molecule has 0 unspecified atom stereocenters. The fourth-order valence-electron chi connectivity index (χ4n) is 4.09. The molecule has 4 aromatic carbocycles. The molecular formula is C31H24ClN3O3. The minimum atomic E-state index is -0.786. The van der Waals surface area contributed by atoms with E-state index in [2.05, 4.69) is 10.1 Å². The zero-order chi connectivity index (χ0) is 26.6. The number of benzene rings is 4. The fourth-order valence-corrected chi connectivity index (χ4v) is 4.28. The van der Waals surface area contributed by atoms with Gasteiger partial charge in [0.25, 0.3) is 5.82 Å². The van der Waals surface area contributed by atoms with Crippen LogP contribution in [0.4, 0.5) is 0 Å². The Kier molecular flexibility index (Phi) is 7.15. The van der Waals surface area contributed by atoms with E-state index in [-0.39, 0.29) is 11.6 Å². The molecule has 0 aliphatic rings. The Labute approximate surface area is 225 Å². The number of ketones is 1. The summed E-state index contributed by atoms with van der Waals surface area (Å²) in [7, 11) is 0. The Morgan fingerprint density at radius 3 is 2.26 bits per heavy atom. The topological polar surface area (TPSA) is 74.1 Å². The number of aromatic nitrogens is 3. The van der Waals surface area contributed by atoms with E-state index in [0.29, 0.717) is 22.0 Å². The summed E-state index contributed by atoms with van der Waals surface area (Å²) in [4.78, 5) is 30.1. The number of rotatable bonds is 7. The molecule has 6 nitrogen and oxygen atoms in total. The third-order valence-corrected chi connectivity index (χ3v) is 6.35. The molecule has 0 N–H and O–H groups in total. The van der Waals surface area contributed by atoms with Crippen molar-refractivity contribution in [3.63, 3.8) is 0 Å². The van der Waals surface area contributed by atoms with E-state index >= 15 is 0 Å². The Hall–Kier alpha value is -4.55. The first-order valence-corrected chi connectivity index (χ1v) is 12.4. The average molecular weight is 522 g/mol. The highest BCUT2D eigenvalue weighted by atomic mass is 35.5. The van der Waals surface area contributed by atoms with E-state index in [1.165, 1.54) is 0 Å². The summed E-state index contributed by atoms with van der Waals surface area (Å²) in [5, 5.41) is 4.99. The van der Waals surface area contributed by atoms with Crippen LogP contribution in [0.25, 0.3) is 28.2 Å². The minimum Gasteiger partial charge on any atom is -0.451 e. The van der Waals surface area contributed by atoms with Crippen LogP contribution in [0, 0.1) is 13.8 Å². The van der Waals surface area contributed by atoms with Gasteiger partial charge in [0.2, 0.25) is 0 Å². The number of hydrogen-bond acceptors (Lipinski definition) is 5. The van der Waals surface area contributed by atoms with Gasteiger partial charge in [-0.15, -0.1) is 5.10 Å². The number of hydrogen-bond donors (Lipinski definition) is 0. The van der Waals surface area contributed by atoms with Crippen molar-refractivity contribution in [3.8, 4) is 28.2 Å². The Morgan fingerprint density at radius 1 is 0.816 bits per heavy atom. The first kappa shape index (κ1) is 25.1. The van der Waals surface area contributed by atoms with Crippen LogP contribution in [-0.2, 0) is 4.74 Å². The molecule has 0 aliphatic carbocycles. The lowest BCUT2D eigenvalue weighted by Gasteiger charge is -2.10. The Morgan fingerprint density at radius 2 is 1.53 bits per heavy atom. The monoisotopic (exact) mass is 521 g/mol. The molecule has 188 valence electrons. The SMILES string of the molecule is Cc1ccc(C)c(-n2nc(C(=O)OCC(=O)c3ccc(-c4ccccc4)cc3)nc2-c2cccc(Cl)c2)c1. The van der Waals surface area contributed by atoms with Crippen molar-refractivity contribution in [2.24, 2.45) is 0 Å². The molecule has 5 rings (SSSR count). The number of nitrogens with zero attached hydrogens (tertiary/aromatic N) is 3. The predicted molar refractivity (Wildman–Crippen MR) is 148 cm³/mol. The number of carbonyl (C=O) groups is 2. The lowest BCUT2D eigenvalue weighted by molar-refractivity contribution is 0.0462. The number of halogens is 1. The molecule has 0 radical (unpaired) electrons. The second-order valence-corrected chi connectivity index (χ2v) is 9.35. The van der Waals surface area contributed by atoms with E-state index in [0.717, 1.165) is 27.9 Å². The van der Waals surface area contributed by atoms with Gasteiger partial charge in [-0.05, 0) is 54.3 Å². The highest BCUT2D eigenvalue weighted by Crippen LogP contribution is 2.26. The maximum Gasteiger partial charge on any atom is 0.378 e. The summed E-state index contributed by atoms with van der Waals surface area (Å²) in [6.45, 7) is 3.51. The van der Waals surface area contributed by atoms with Gasteiger partial charge in [-0.3, -0.25) is 4.79 Å². The van der Waals surface area contributed by atoms with Gasteiger partial charge < -0.3 is 4.74 Å². The highest BCUT2D eigenvalue weighted by Gasteiger charge is 2.22. The maximum atomic E-state index is 12.9. The third-order valence-electron chi connectivity index (χ3n) is 6.11. The molecule has 0 saturated carbocycles. The van der Waals surface area contributed by atoms with E-state index in [1.807, 2.05) is 80.6 Å².